The molecule has 2 amide bonds. The standard InChI is InChI=1S/C32H41ClFN3O6/c1-37(31(39)40)29(28(22-11-15-41-16-12-22)21-5-7-23(33)8-6-21)30(38)36-27-4-2-3-26(34)25(27)10-9-24-19-35-20-32(43-24)13-17-42-18-14-32/h2-8,22,24,28-29,35H,9-20H2,1H3,(H,36,38)(H,39,40)/t24-,28+,29+/m1/s1. The molecular formula is C32H41ClFN3O6. The zero-order valence-electron chi connectivity index (χ0n) is 24.5. The fourth-order valence-electron chi connectivity index (χ4n) is 6.71. The molecular weight excluding hydrogens is 577 g/mol. The monoisotopic (exact) mass is 617 g/mol. The van der Waals surface area contributed by atoms with E-state index >= 15 is 4.39 Å². The van der Waals surface area contributed by atoms with Crippen LogP contribution in [0.1, 0.15) is 49.1 Å². The highest BCUT2D eigenvalue weighted by atomic mass is 35.5. The first-order valence-electron chi connectivity index (χ1n) is 15.1. The van der Waals surface area contributed by atoms with Crippen LogP contribution in [0.3, 0.4) is 0 Å². The highest BCUT2D eigenvalue weighted by molar-refractivity contribution is 6.30. The molecule has 5 rings (SSSR count). The molecule has 0 bridgehead atoms. The number of nitrogens with zero attached hydrogens (tertiary/aromatic N) is 1. The minimum absolute atomic E-state index is 0.00656. The number of benzene rings is 2. The molecule has 11 heteroatoms. The highest BCUT2D eigenvalue weighted by Gasteiger charge is 2.41. The summed E-state index contributed by atoms with van der Waals surface area (Å²) >= 11 is 6.17. The lowest BCUT2D eigenvalue weighted by Crippen LogP contribution is -2.56. The topological polar surface area (TPSA) is 109 Å². The SMILES string of the molecule is CN(C(=O)O)[C@H](C(=O)Nc1cccc(F)c1CC[C@@H]1CNCC2(CCOCC2)O1)[C@@H](c1ccc(Cl)cc1)C1CCOCC1. The fraction of sp³-hybridized carbons (Fsp3) is 0.562. The van der Waals surface area contributed by atoms with Crippen molar-refractivity contribution < 1.29 is 33.3 Å². The van der Waals surface area contributed by atoms with Crippen molar-refractivity contribution in [2.24, 2.45) is 5.92 Å². The number of halogens is 2. The maximum atomic E-state index is 15.3. The third kappa shape index (κ3) is 7.67. The number of carbonyl (C=O) groups excluding carboxylic acids is 1. The van der Waals surface area contributed by atoms with Crippen molar-refractivity contribution in [3.8, 4) is 0 Å². The molecule has 0 aliphatic carbocycles. The number of likely N-dealkylation sites (N-methyl/N-ethyl adjacent to an activating group) is 1. The number of hydrogen-bond donors (Lipinski definition) is 3. The van der Waals surface area contributed by atoms with Crippen molar-refractivity contribution in [2.45, 2.75) is 62.2 Å². The zero-order chi connectivity index (χ0) is 30.4. The van der Waals surface area contributed by atoms with Crippen molar-refractivity contribution in [3.05, 3.63) is 64.4 Å². The predicted octanol–water partition coefficient (Wildman–Crippen LogP) is 5.08. The summed E-state index contributed by atoms with van der Waals surface area (Å²) in [5.74, 6) is -1.41. The first-order valence-corrected chi connectivity index (χ1v) is 15.5. The number of amides is 2. The molecule has 0 saturated carbocycles. The van der Waals surface area contributed by atoms with Crippen LogP contribution in [0, 0.1) is 11.7 Å². The number of rotatable bonds is 9. The Hall–Kier alpha value is -2.76. The van der Waals surface area contributed by atoms with Gasteiger partial charge in [0.2, 0.25) is 5.91 Å². The summed E-state index contributed by atoms with van der Waals surface area (Å²) in [5, 5.41) is 17.0. The molecule has 1 spiro atoms. The number of morpholine rings is 1. The Morgan fingerprint density at radius 2 is 1.81 bits per heavy atom. The Kier molecular flexibility index (Phi) is 10.6. The lowest BCUT2D eigenvalue weighted by molar-refractivity contribution is -0.160. The molecule has 3 saturated heterocycles. The van der Waals surface area contributed by atoms with Crippen LogP contribution in [0.15, 0.2) is 42.5 Å². The summed E-state index contributed by atoms with van der Waals surface area (Å²) in [6.45, 7) is 3.82. The van der Waals surface area contributed by atoms with Gasteiger partial charge in [-0.05, 0) is 61.4 Å². The van der Waals surface area contributed by atoms with Gasteiger partial charge in [-0.25, -0.2) is 9.18 Å². The molecule has 234 valence electrons. The van der Waals surface area contributed by atoms with E-state index in [4.69, 9.17) is 25.8 Å². The van der Waals surface area contributed by atoms with Gasteiger partial charge in [0.1, 0.15) is 11.9 Å². The van der Waals surface area contributed by atoms with E-state index in [-0.39, 0.29) is 17.6 Å². The summed E-state index contributed by atoms with van der Waals surface area (Å²) in [5.41, 5.74) is 1.26. The molecule has 3 fully saturated rings. The van der Waals surface area contributed by atoms with Gasteiger partial charge in [0, 0.05) is 81.6 Å². The molecule has 2 aromatic rings. The van der Waals surface area contributed by atoms with Crippen LogP contribution >= 0.6 is 11.6 Å². The van der Waals surface area contributed by atoms with Crippen molar-refractivity contribution in [2.75, 3.05) is 51.9 Å². The van der Waals surface area contributed by atoms with E-state index in [0.29, 0.717) is 74.9 Å². The van der Waals surface area contributed by atoms with Crippen LogP contribution in [0.2, 0.25) is 5.02 Å². The molecule has 0 aromatic heterocycles. The number of nitrogens with one attached hydrogen (secondary N) is 2. The lowest BCUT2D eigenvalue weighted by Gasteiger charge is -2.44. The third-order valence-electron chi connectivity index (χ3n) is 9.09. The fourth-order valence-corrected chi connectivity index (χ4v) is 6.84. The summed E-state index contributed by atoms with van der Waals surface area (Å²) in [7, 11) is 1.40. The summed E-state index contributed by atoms with van der Waals surface area (Å²) < 4.78 is 32.9. The van der Waals surface area contributed by atoms with E-state index in [1.165, 1.54) is 13.1 Å². The Bertz CT molecular complexity index is 1250. The van der Waals surface area contributed by atoms with Crippen LogP contribution in [-0.2, 0) is 25.4 Å². The molecule has 0 unspecified atom stereocenters. The maximum Gasteiger partial charge on any atom is 0.407 e. The molecule has 0 radical (unpaired) electrons. The number of anilines is 1. The second kappa shape index (κ2) is 14.3. The number of ether oxygens (including phenoxy) is 3. The molecule has 3 heterocycles. The summed E-state index contributed by atoms with van der Waals surface area (Å²) in [6.07, 6.45) is 2.57. The van der Waals surface area contributed by atoms with Gasteiger partial charge in [0.05, 0.1) is 11.7 Å². The molecule has 9 nitrogen and oxygen atoms in total. The van der Waals surface area contributed by atoms with Crippen molar-refractivity contribution in [3.63, 3.8) is 0 Å². The van der Waals surface area contributed by atoms with Gasteiger partial charge in [-0.2, -0.15) is 0 Å². The lowest BCUT2D eigenvalue weighted by atomic mass is 9.76. The van der Waals surface area contributed by atoms with E-state index in [2.05, 4.69) is 10.6 Å². The molecule has 3 aliphatic rings. The summed E-state index contributed by atoms with van der Waals surface area (Å²) in [6, 6.07) is 10.7. The second-order valence-electron chi connectivity index (χ2n) is 11.8. The Balaban J connectivity index is 1.38. The van der Waals surface area contributed by atoms with Crippen LogP contribution in [0.4, 0.5) is 14.9 Å². The normalized spacial score (nSPS) is 22.1. The van der Waals surface area contributed by atoms with Gasteiger partial charge >= 0.3 is 6.09 Å². The van der Waals surface area contributed by atoms with E-state index in [0.717, 1.165) is 29.8 Å². The first kappa shape index (κ1) is 31.7. The van der Waals surface area contributed by atoms with Crippen LogP contribution < -0.4 is 10.6 Å². The average molecular weight is 618 g/mol. The first-order chi connectivity index (χ1) is 20.8. The summed E-state index contributed by atoms with van der Waals surface area (Å²) in [4.78, 5) is 27.5. The second-order valence-corrected chi connectivity index (χ2v) is 12.3. The van der Waals surface area contributed by atoms with Gasteiger partial charge in [-0.15, -0.1) is 0 Å². The minimum atomic E-state index is -1.23. The zero-order valence-corrected chi connectivity index (χ0v) is 25.3. The van der Waals surface area contributed by atoms with Gasteiger partial charge in [-0.3, -0.25) is 9.69 Å². The number of hydrogen-bond acceptors (Lipinski definition) is 6. The van der Waals surface area contributed by atoms with E-state index < -0.39 is 29.8 Å². The van der Waals surface area contributed by atoms with Gasteiger partial charge < -0.3 is 30.0 Å². The minimum Gasteiger partial charge on any atom is -0.465 e. The third-order valence-corrected chi connectivity index (χ3v) is 9.34. The van der Waals surface area contributed by atoms with Crippen LogP contribution in [0.5, 0.6) is 0 Å². The number of carboxylic acid groups (broad SMARTS) is 1. The Labute approximate surface area is 257 Å². The molecule has 2 aromatic carbocycles. The largest absolute Gasteiger partial charge is 0.465 e. The maximum absolute atomic E-state index is 15.3. The van der Waals surface area contributed by atoms with E-state index in [9.17, 15) is 14.7 Å². The van der Waals surface area contributed by atoms with Crippen molar-refractivity contribution in [1.29, 1.82) is 0 Å². The average Bonchev–Trinajstić information content (AvgIpc) is 3.00. The van der Waals surface area contributed by atoms with Gasteiger partial charge in [0.25, 0.3) is 0 Å². The predicted molar refractivity (Wildman–Crippen MR) is 161 cm³/mol. The quantitative estimate of drug-likeness (QED) is 0.360. The van der Waals surface area contributed by atoms with E-state index in [1.54, 1.807) is 24.3 Å². The molecule has 3 atom stereocenters. The molecule has 3 N–H and O–H groups in total. The number of carbonyl (C=O) groups is 2. The highest BCUT2D eigenvalue weighted by Crippen LogP contribution is 2.38. The van der Waals surface area contributed by atoms with Crippen molar-refractivity contribution in [1.82, 2.24) is 10.2 Å². The Morgan fingerprint density at radius 1 is 1.12 bits per heavy atom. The molecule has 43 heavy (non-hydrogen) atoms. The van der Waals surface area contributed by atoms with Crippen LogP contribution in [-0.4, -0.2) is 86.3 Å². The molecule has 3 aliphatic heterocycles. The van der Waals surface area contributed by atoms with Crippen LogP contribution in [0.25, 0.3) is 0 Å². The van der Waals surface area contributed by atoms with Gasteiger partial charge in [0.15, 0.2) is 0 Å². The van der Waals surface area contributed by atoms with E-state index in [1.807, 2.05) is 12.1 Å². The van der Waals surface area contributed by atoms with Crippen molar-refractivity contribution >= 4 is 29.3 Å². The Morgan fingerprint density at radius 3 is 2.51 bits per heavy atom. The van der Waals surface area contributed by atoms with Gasteiger partial charge in [-0.1, -0.05) is 29.8 Å². The smallest absolute Gasteiger partial charge is 0.407 e.